The van der Waals surface area contributed by atoms with Gasteiger partial charge in [-0.3, -0.25) is 10.1 Å². The van der Waals surface area contributed by atoms with Gasteiger partial charge in [0.1, 0.15) is 4.60 Å². The summed E-state index contributed by atoms with van der Waals surface area (Å²) < 4.78 is 1.61. The van der Waals surface area contributed by atoms with E-state index in [0.717, 1.165) is 27.4 Å². The van der Waals surface area contributed by atoms with Gasteiger partial charge in [0, 0.05) is 25.8 Å². The molecule has 0 radical (unpaired) electrons. The molecule has 96 valence electrons. The van der Waals surface area contributed by atoms with E-state index in [1.165, 1.54) is 0 Å². The number of hydrogen-bond acceptors (Lipinski definition) is 5. The summed E-state index contributed by atoms with van der Waals surface area (Å²) in [4.78, 5) is 16.1. The molecular weight excluding hydrogens is 368 g/mol. The van der Waals surface area contributed by atoms with Crippen LogP contribution in [0.3, 0.4) is 0 Å². The zero-order valence-corrected chi connectivity index (χ0v) is 12.4. The van der Waals surface area contributed by atoms with Gasteiger partial charge in [-0.1, -0.05) is 0 Å². The maximum absolute atomic E-state index is 10.5. The molecule has 1 aromatic rings. The molecule has 8 heteroatoms. The lowest BCUT2D eigenvalue weighted by atomic mass is 10.2. The van der Waals surface area contributed by atoms with Crippen molar-refractivity contribution < 1.29 is 4.92 Å². The molecule has 1 N–H and O–H groups in total. The van der Waals surface area contributed by atoms with Crippen molar-refractivity contribution in [1.29, 1.82) is 0 Å². The highest BCUT2D eigenvalue weighted by Crippen LogP contribution is 2.22. The third kappa shape index (κ3) is 3.20. The molecule has 0 amide bonds. The summed E-state index contributed by atoms with van der Waals surface area (Å²) in [5.74, 6) is 0.541. The van der Waals surface area contributed by atoms with Crippen LogP contribution in [0.25, 0.3) is 0 Å². The molecular formula is C10H10Br2N4O2. The number of hydrogen-bond donors (Lipinski definition) is 1. The van der Waals surface area contributed by atoms with Gasteiger partial charge in [-0.15, -0.1) is 0 Å². The number of nitro groups is 1. The summed E-state index contributed by atoms with van der Waals surface area (Å²) in [6.45, 7) is 2.05. The predicted molar refractivity (Wildman–Crippen MR) is 73.1 cm³/mol. The lowest BCUT2D eigenvalue weighted by Gasteiger charge is -2.17. The topological polar surface area (TPSA) is 71.3 Å². The Bertz CT molecular complexity index is 507. The number of rotatable bonds is 3. The van der Waals surface area contributed by atoms with E-state index in [1.54, 1.807) is 6.20 Å². The highest BCUT2D eigenvalue weighted by Gasteiger charge is 2.19. The Kier molecular flexibility index (Phi) is 4.18. The van der Waals surface area contributed by atoms with E-state index in [2.05, 4.69) is 42.2 Å². The highest BCUT2D eigenvalue weighted by atomic mass is 79.9. The second kappa shape index (κ2) is 5.66. The van der Waals surface area contributed by atoms with Crippen molar-refractivity contribution in [2.24, 2.45) is 0 Å². The fourth-order valence-electron chi connectivity index (χ4n) is 1.71. The molecule has 0 aromatic carbocycles. The first-order valence-electron chi connectivity index (χ1n) is 5.20. The van der Waals surface area contributed by atoms with Gasteiger partial charge in [-0.25, -0.2) is 4.98 Å². The molecule has 2 heterocycles. The molecule has 0 spiro atoms. The molecule has 0 bridgehead atoms. The second-order valence-electron chi connectivity index (χ2n) is 3.76. The van der Waals surface area contributed by atoms with Crippen molar-refractivity contribution in [1.82, 2.24) is 15.2 Å². The number of nitrogens with zero attached hydrogens (tertiary/aromatic N) is 3. The Hall–Kier alpha value is -1.15. The first-order chi connectivity index (χ1) is 8.56. The van der Waals surface area contributed by atoms with Crippen molar-refractivity contribution in [3.63, 3.8) is 0 Å². The van der Waals surface area contributed by atoms with Crippen LogP contribution in [0, 0.1) is 10.1 Å². The number of halogens is 2. The van der Waals surface area contributed by atoms with E-state index in [4.69, 9.17) is 0 Å². The third-order valence-corrected chi connectivity index (χ3v) is 4.25. The minimum atomic E-state index is -0.448. The fourth-order valence-corrected chi connectivity index (χ4v) is 2.32. The second-order valence-corrected chi connectivity index (χ2v) is 5.37. The van der Waals surface area contributed by atoms with E-state index < -0.39 is 4.92 Å². The quantitative estimate of drug-likeness (QED) is 0.496. The van der Waals surface area contributed by atoms with Crippen LogP contribution in [-0.2, 0) is 6.54 Å². The summed E-state index contributed by atoms with van der Waals surface area (Å²) >= 11 is 6.69. The summed E-state index contributed by atoms with van der Waals surface area (Å²) in [6.07, 6.45) is 2.74. The van der Waals surface area contributed by atoms with Gasteiger partial charge in [0.05, 0.1) is 9.40 Å². The summed E-state index contributed by atoms with van der Waals surface area (Å²) in [5.41, 5.74) is 0.989. The molecule has 1 fully saturated rings. The van der Waals surface area contributed by atoms with E-state index >= 15 is 0 Å². The van der Waals surface area contributed by atoms with E-state index in [1.807, 2.05) is 11.0 Å². The molecule has 18 heavy (non-hydrogen) atoms. The van der Waals surface area contributed by atoms with Gasteiger partial charge < -0.3 is 10.2 Å². The lowest BCUT2D eigenvalue weighted by molar-refractivity contribution is -0.404. The van der Waals surface area contributed by atoms with Crippen LogP contribution in [0.1, 0.15) is 5.56 Å². The zero-order valence-electron chi connectivity index (χ0n) is 9.27. The van der Waals surface area contributed by atoms with Gasteiger partial charge in [-0.05, 0) is 43.5 Å². The minimum absolute atomic E-state index is 0.448. The Labute approximate surface area is 120 Å². The summed E-state index contributed by atoms with van der Waals surface area (Å²) in [7, 11) is 0. The standard InChI is InChI=1S/C10H10Br2N4O2/c11-8-3-7(4-14-10(8)12)5-15-2-1-13-9(15)6-16(17)18/h3-4,6,13H,1-2,5H2. The van der Waals surface area contributed by atoms with E-state index in [9.17, 15) is 10.1 Å². The minimum Gasteiger partial charge on any atom is -0.365 e. The van der Waals surface area contributed by atoms with Crippen LogP contribution in [-0.4, -0.2) is 27.9 Å². The Balaban J connectivity index is 2.13. The maximum Gasteiger partial charge on any atom is 0.274 e. The van der Waals surface area contributed by atoms with E-state index in [-0.39, 0.29) is 0 Å². The van der Waals surface area contributed by atoms with Gasteiger partial charge in [-0.2, -0.15) is 0 Å². The van der Waals surface area contributed by atoms with Crippen molar-refractivity contribution in [2.45, 2.75) is 6.54 Å². The number of aromatic nitrogens is 1. The first-order valence-corrected chi connectivity index (χ1v) is 6.79. The van der Waals surface area contributed by atoms with E-state index in [0.29, 0.717) is 18.9 Å². The van der Waals surface area contributed by atoms with Gasteiger partial charge in [0.25, 0.3) is 6.20 Å². The normalized spacial score (nSPS) is 17.0. The van der Waals surface area contributed by atoms with Crippen molar-refractivity contribution in [2.75, 3.05) is 13.1 Å². The van der Waals surface area contributed by atoms with Crippen LogP contribution in [0.2, 0.25) is 0 Å². The molecule has 1 saturated heterocycles. The highest BCUT2D eigenvalue weighted by molar-refractivity contribution is 9.13. The average Bonchev–Trinajstić information content (AvgIpc) is 2.70. The molecule has 2 rings (SSSR count). The summed E-state index contributed by atoms with van der Waals surface area (Å²) in [5, 5.41) is 13.5. The lowest BCUT2D eigenvalue weighted by Crippen LogP contribution is -2.20. The van der Waals surface area contributed by atoms with Crippen LogP contribution in [0.5, 0.6) is 0 Å². The smallest absolute Gasteiger partial charge is 0.274 e. The van der Waals surface area contributed by atoms with Crippen molar-refractivity contribution in [3.05, 3.63) is 49.0 Å². The van der Waals surface area contributed by atoms with Crippen molar-refractivity contribution >= 4 is 31.9 Å². The van der Waals surface area contributed by atoms with Gasteiger partial charge in [0.2, 0.25) is 0 Å². The molecule has 1 aromatic heterocycles. The number of nitrogens with one attached hydrogen (secondary N) is 1. The van der Waals surface area contributed by atoms with Gasteiger partial charge in [0.15, 0.2) is 5.82 Å². The SMILES string of the molecule is O=[N+]([O-])C=C1NCCN1Cc1cnc(Br)c(Br)c1. The Morgan fingerprint density at radius 1 is 1.61 bits per heavy atom. The molecule has 0 saturated carbocycles. The molecule has 6 nitrogen and oxygen atoms in total. The first kappa shape index (κ1) is 13.3. The largest absolute Gasteiger partial charge is 0.365 e. The third-order valence-electron chi connectivity index (χ3n) is 2.48. The predicted octanol–water partition coefficient (Wildman–Crippen LogP) is 2.09. The molecule has 1 aliphatic heterocycles. The summed E-state index contributed by atoms with van der Waals surface area (Å²) in [6, 6.07) is 1.94. The molecule has 0 unspecified atom stereocenters. The van der Waals surface area contributed by atoms with Crippen molar-refractivity contribution in [3.8, 4) is 0 Å². The fraction of sp³-hybridized carbons (Fsp3) is 0.300. The molecule has 0 atom stereocenters. The zero-order chi connectivity index (χ0) is 13.1. The van der Waals surface area contributed by atoms with Crippen LogP contribution >= 0.6 is 31.9 Å². The van der Waals surface area contributed by atoms with Crippen LogP contribution in [0.4, 0.5) is 0 Å². The number of pyridine rings is 1. The van der Waals surface area contributed by atoms with Gasteiger partial charge >= 0.3 is 0 Å². The Morgan fingerprint density at radius 3 is 3.06 bits per heavy atom. The maximum atomic E-state index is 10.5. The van der Waals surface area contributed by atoms with Crippen LogP contribution < -0.4 is 5.32 Å². The Morgan fingerprint density at radius 2 is 2.39 bits per heavy atom. The molecule has 1 aliphatic rings. The monoisotopic (exact) mass is 376 g/mol. The molecule has 0 aliphatic carbocycles. The average molecular weight is 378 g/mol. The van der Waals surface area contributed by atoms with Crippen LogP contribution in [0.15, 0.2) is 33.4 Å².